The van der Waals surface area contributed by atoms with Gasteiger partial charge in [-0.3, -0.25) is 9.59 Å². The standard InChI is InChI=1S/C20H29N3O2.ClH/c1-15-4-6-17(7-5-15)19(21)20(25)23-12-8-16(9-13-23)14-18(24)22-10-2-3-11-22;/h4-7,16,19H,2-3,8-14,21H2,1H3;1H. The molecule has 1 aromatic carbocycles. The molecule has 0 radical (unpaired) electrons. The van der Waals surface area contributed by atoms with Gasteiger partial charge >= 0.3 is 0 Å². The smallest absolute Gasteiger partial charge is 0.244 e. The van der Waals surface area contributed by atoms with Crippen molar-refractivity contribution in [3.05, 3.63) is 35.4 Å². The fourth-order valence-electron chi connectivity index (χ4n) is 3.81. The number of carbonyl (C=O) groups is 2. The second-order valence-electron chi connectivity index (χ2n) is 7.45. The third-order valence-electron chi connectivity index (χ3n) is 5.55. The molecule has 3 rings (SSSR count). The first-order valence-electron chi connectivity index (χ1n) is 9.43. The van der Waals surface area contributed by atoms with E-state index in [1.165, 1.54) is 0 Å². The monoisotopic (exact) mass is 379 g/mol. The topological polar surface area (TPSA) is 66.6 Å². The van der Waals surface area contributed by atoms with Crippen LogP contribution in [0.2, 0.25) is 0 Å². The summed E-state index contributed by atoms with van der Waals surface area (Å²) in [7, 11) is 0. The van der Waals surface area contributed by atoms with Crippen molar-refractivity contribution in [3.63, 3.8) is 0 Å². The highest BCUT2D eigenvalue weighted by Crippen LogP contribution is 2.24. The fourth-order valence-corrected chi connectivity index (χ4v) is 3.81. The van der Waals surface area contributed by atoms with E-state index >= 15 is 0 Å². The van der Waals surface area contributed by atoms with Gasteiger partial charge in [0, 0.05) is 32.6 Å². The SMILES string of the molecule is Cc1ccc(C(N)C(=O)N2CCC(CC(=O)N3CCCC3)CC2)cc1.Cl. The number of nitrogens with two attached hydrogens (primary N) is 1. The van der Waals surface area contributed by atoms with Gasteiger partial charge in [0.05, 0.1) is 0 Å². The summed E-state index contributed by atoms with van der Waals surface area (Å²) >= 11 is 0. The second-order valence-corrected chi connectivity index (χ2v) is 7.45. The van der Waals surface area contributed by atoms with Gasteiger partial charge in [-0.25, -0.2) is 0 Å². The molecule has 0 aromatic heterocycles. The molecule has 5 nitrogen and oxygen atoms in total. The van der Waals surface area contributed by atoms with Gasteiger partial charge in [-0.15, -0.1) is 12.4 Å². The Kier molecular flexibility index (Phi) is 7.47. The molecule has 0 saturated carbocycles. The zero-order valence-corrected chi connectivity index (χ0v) is 16.3. The average molecular weight is 380 g/mol. The van der Waals surface area contributed by atoms with Crippen molar-refractivity contribution in [2.45, 2.75) is 45.1 Å². The molecule has 2 N–H and O–H groups in total. The molecule has 2 aliphatic heterocycles. The Morgan fingerprint density at radius 2 is 1.62 bits per heavy atom. The Hall–Kier alpha value is -1.59. The number of likely N-dealkylation sites (tertiary alicyclic amines) is 2. The average Bonchev–Trinajstić information content (AvgIpc) is 3.17. The van der Waals surface area contributed by atoms with E-state index in [9.17, 15) is 9.59 Å². The second kappa shape index (κ2) is 9.38. The summed E-state index contributed by atoms with van der Waals surface area (Å²) in [6, 6.07) is 7.24. The molecule has 0 bridgehead atoms. The maximum Gasteiger partial charge on any atom is 0.244 e. The minimum Gasteiger partial charge on any atom is -0.343 e. The molecule has 2 amide bonds. The zero-order valence-electron chi connectivity index (χ0n) is 15.5. The number of hydrogen-bond donors (Lipinski definition) is 1. The third kappa shape index (κ3) is 4.98. The molecule has 1 atom stereocenters. The Morgan fingerprint density at radius 1 is 1.04 bits per heavy atom. The van der Waals surface area contributed by atoms with Crippen molar-refractivity contribution in [3.8, 4) is 0 Å². The predicted molar refractivity (Wildman–Crippen MR) is 105 cm³/mol. The van der Waals surface area contributed by atoms with Crippen molar-refractivity contribution in [1.82, 2.24) is 9.80 Å². The van der Waals surface area contributed by atoms with Gasteiger partial charge in [-0.1, -0.05) is 29.8 Å². The van der Waals surface area contributed by atoms with E-state index in [1.807, 2.05) is 41.0 Å². The number of nitrogens with zero attached hydrogens (tertiary/aromatic N) is 2. The quantitative estimate of drug-likeness (QED) is 0.874. The van der Waals surface area contributed by atoms with Crippen LogP contribution in [0.5, 0.6) is 0 Å². The number of amides is 2. The van der Waals surface area contributed by atoms with Gasteiger partial charge in [0.15, 0.2) is 0 Å². The van der Waals surface area contributed by atoms with E-state index in [-0.39, 0.29) is 18.3 Å². The van der Waals surface area contributed by atoms with Crippen LogP contribution in [-0.2, 0) is 9.59 Å². The van der Waals surface area contributed by atoms with Crippen LogP contribution in [-0.4, -0.2) is 47.8 Å². The Balaban J connectivity index is 0.00000243. The van der Waals surface area contributed by atoms with Crippen LogP contribution in [0.4, 0.5) is 0 Å². The van der Waals surface area contributed by atoms with Crippen LogP contribution in [0.25, 0.3) is 0 Å². The summed E-state index contributed by atoms with van der Waals surface area (Å²) in [5.41, 5.74) is 8.19. The number of carbonyl (C=O) groups excluding carboxylic acids is 2. The Bertz CT molecular complexity index is 606. The normalized spacial score (nSPS) is 19.2. The number of rotatable bonds is 4. The van der Waals surface area contributed by atoms with E-state index in [2.05, 4.69) is 0 Å². The molecule has 6 heteroatoms. The molecule has 2 heterocycles. The van der Waals surface area contributed by atoms with Gasteiger partial charge in [0.25, 0.3) is 0 Å². The first-order chi connectivity index (χ1) is 12.0. The van der Waals surface area contributed by atoms with Crippen LogP contribution in [0.3, 0.4) is 0 Å². The number of benzene rings is 1. The molecule has 144 valence electrons. The van der Waals surface area contributed by atoms with Crippen molar-refractivity contribution in [2.24, 2.45) is 11.7 Å². The Morgan fingerprint density at radius 3 is 2.19 bits per heavy atom. The lowest BCUT2D eigenvalue weighted by atomic mass is 9.92. The van der Waals surface area contributed by atoms with Gasteiger partial charge in [0.2, 0.25) is 11.8 Å². The molecule has 0 aliphatic carbocycles. The summed E-state index contributed by atoms with van der Waals surface area (Å²) in [5.74, 6) is 0.680. The van der Waals surface area contributed by atoms with E-state index in [0.717, 1.165) is 49.9 Å². The number of halogens is 1. The van der Waals surface area contributed by atoms with E-state index in [1.54, 1.807) is 0 Å². The lowest BCUT2D eigenvalue weighted by Crippen LogP contribution is -2.44. The number of aryl methyl sites for hydroxylation is 1. The van der Waals surface area contributed by atoms with Crippen LogP contribution >= 0.6 is 12.4 Å². The molecule has 2 saturated heterocycles. The lowest BCUT2D eigenvalue weighted by Gasteiger charge is -2.34. The van der Waals surface area contributed by atoms with Crippen molar-refractivity contribution < 1.29 is 9.59 Å². The predicted octanol–water partition coefficient (Wildman–Crippen LogP) is 2.67. The lowest BCUT2D eigenvalue weighted by molar-refractivity contribution is -0.134. The van der Waals surface area contributed by atoms with Crippen molar-refractivity contribution in [1.29, 1.82) is 0 Å². The summed E-state index contributed by atoms with van der Waals surface area (Å²) in [5, 5.41) is 0. The largest absolute Gasteiger partial charge is 0.343 e. The van der Waals surface area contributed by atoms with Gasteiger partial charge in [-0.05, 0) is 44.1 Å². The van der Waals surface area contributed by atoms with E-state index in [4.69, 9.17) is 5.73 Å². The molecular formula is C20H30ClN3O2. The molecule has 2 fully saturated rings. The molecule has 26 heavy (non-hydrogen) atoms. The Labute approximate surface area is 162 Å². The van der Waals surface area contributed by atoms with Crippen LogP contribution in [0, 0.1) is 12.8 Å². The van der Waals surface area contributed by atoms with Crippen LogP contribution in [0.1, 0.15) is 49.3 Å². The first-order valence-corrected chi connectivity index (χ1v) is 9.43. The molecule has 0 spiro atoms. The molecular weight excluding hydrogens is 350 g/mol. The van der Waals surface area contributed by atoms with Gasteiger partial charge in [-0.2, -0.15) is 0 Å². The highest BCUT2D eigenvalue weighted by atomic mass is 35.5. The van der Waals surface area contributed by atoms with Crippen LogP contribution < -0.4 is 5.73 Å². The van der Waals surface area contributed by atoms with Gasteiger partial charge < -0.3 is 15.5 Å². The summed E-state index contributed by atoms with van der Waals surface area (Å²) < 4.78 is 0. The molecule has 1 unspecified atom stereocenters. The third-order valence-corrected chi connectivity index (χ3v) is 5.55. The number of piperidine rings is 1. The highest BCUT2D eigenvalue weighted by Gasteiger charge is 2.29. The summed E-state index contributed by atoms with van der Waals surface area (Å²) in [4.78, 5) is 28.8. The number of hydrogen-bond acceptors (Lipinski definition) is 3. The van der Waals surface area contributed by atoms with Crippen molar-refractivity contribution >= 4 is 24.2 Å². The van der Waals surface area contributed by atoms with E-state index in [0.29, 0.717) is 31.3 Å². The van der Waals surface area contributed by atoms with Crippen LogP contribution in [0.15, 0.2) is 24.3 Å². The zero-order chi connectivity index (χ0) is 17.8. The van der Waals surface area contributed by atoms with E-state index < -0.39 is 6.04 Å². The summed E-state index contributed by atoms with van der Waals surface area (Å²) in [6.45, 7) is 5.27. The minimum absolute atomic E-state index is 0. The minimum atomic E-state index is -0.594. The fraction of sp³-hybridized carbons (Fsp3) is 0.600. The molecule has 2 aliphatic rings. The first kappa shape index (κ1) is 20.7. The summed E-state index contributed by atoms with van der Waals surface area (Å²) in [6.07, 6.45) is 4.69. The molecule has 1 aromatic rings. The highest BCUT2D eigenvalue weighted by molar-refractivity contribution is 5.85. The maximum atomic E-state index is 12.6. The van der Waals surface area contributed by atoms with Crippen molar-refractivity contribution in [2.75, 3.05) is 26.2 Å². The van der Waals surface area contributed by atoms with Gasteiger partial charge in [0.1, 0.15) is 6.04 Å². The maximum absolute atomic E-state index is 12.6.